The van der Waals surface area contributed by atoms with E-state index in [9.17, 15) is 10.1 Å². The van der Waals surface area contributed by atoms with E-state index >= 15 is 0 Å². The molecule has 0 radical (unpaired) electrons. The molecular weight excluding hydrogens is 478 g/mol. The highest BCUT2D eigenvalue weighted by Crippen LogP contribution is 2.40. The minimum absolute atomic E-state index is 0.248. The van der Waals surface area contributed by atoms with Gasteiger partial charge in [0.2, 0.25) is 0 Å². The van der Waals surface area contributed by atoms with Crippen LogP contribution in [0.25, 0.3) is 17.1 Å². The summed E-state index contributed by atoms with van der Waals surface area (Å²) >= 11 is 0. The molecule has 38 heavy (non-hydrogen) atoms. The molecule has 9 heteroatoms. The molecule has 0 spiro atoms. The zero-order valence-corrected chi connectivity index (χ0v) is 22.5. The molecule has 2 heterocycles. The third kappa shape index (κ3) is 4.65. The van der Waals surface area contributed by atoms with Crippen LogP contribution in [0.3, 0.4) is 0 Å². The van der Waals surface area contributed by atoms with Gasteiger partial charge in [-0.2, -0.15) is 5.26 Å². The van der Waals surface area contributed by atoms with Crippen LogP contribution in [0.15, 0.2) is 42.7 Å². The first-order valence-corrected chi connectivity index (χ1v) is 12.6. The number of ether oxygens (including phenoxy) is 1. The van der Waals surface area contributed by atoms with Gasteiger partial charge in [-0.05, 0) is 60.6 Å². The third-order valence-electron chi connectivity index (χ3n) is 6.96. The van der Waals surface area contributed by atoms with Gasteiger partial charge in [-0.1, -0.05) is 32.1 Å². The number of hydrogen-bond donors (Lipinski definition) is 1. The fourth-order valence-electron chi connectivity index (χ4n) is 4.55. The number of methoxy groups -OCH3 is 1. The number of aromatic nitrogens is 5. The zero-order chi connectivity index (χ0) is 27.2. The topological polar surface area (TPSA) is 111 Å². The Balaban J connectivity index is 1.45. The van der Waals surface area contributed by atoms with Gasteiger partial charge in [-0.25, -0.2) is 9.67 Å². The number of carbonyl (C=O) groups is 1. The second kappa shape index (κ2) is 9.45. The molecule has 9 nitrogen and oxygen atoms in total. The third-order valence-corrected chi connectivity index (χ3v) is 6.96. The average Bonchev–Trinajstić information content (AvgIpc) is 3.48. The molecule has 0 unspecified atom stereocenters. The molecule has 0 atom stereocenters. The van der Waals surface area contributed by atoms with Gasteiger partial charge in [0.15, 0.2) is 0 Å². The van der Waals surface area contributed by atoms with E-state index in [0.29, 0.717) is 22.7 Å². The normalized spacial score (nSPS) is 13.3. The highest BCUT2D eigenvalue weighted by Gasteiger charge is 2.29. The Morgan fingerprint density at radius 3 is 2.63 bits per heavy atom. The molecule has 1 N–H and O–H groups in total. The summed E-state index contributed by atoms with van der Waals surface area (Å²) < 4.78 is 9.26. The number of hydrogen-bond acceptors (Lipinski definition) is 6. The molecule has 1 aliphatic carbocycles. The zero-order valence-electron chi connectivity index (χ0n) is 22.5. The van der Waals surface area contributed by atoms with Crippen LogP contribution in [-0.2, 0) is 12.5 Å². The Hall–Kier alpha value is -4.45. The summed E-state index contributed by atoms with van der Waals surface area (Å²) in [5.41, 5.74) is 5.26. The lowest BCUT2D eigenvalue weighted by Gasteiger charge is -2.22. The predicted molar refractivity (Wildman–Crippen MR) is 145 cm³/mol. The smallest absolute Gasteiger partial charge is 0.259 e. The monoisotopic (exact) mass is 509 g/mol. The van der Waals surface area contributed by atoms with Gasteiger partial charge < -0.3 is 14.6 Å². The van der Waals surface area contributed by atoms with Crippen LogP contribution in [0, 0.1) is 18.3 Å². The largest absolute Gasteiger partial charge is 0.495 e. The van der Waals surface area contributed by atoms with Crippen molar-refractivity contribution in [3.8, 4) is 28.9 Å². The van der Waals surface area contributed by atoms with E-state index in [-0.39, 0.29) is 17.1 Å². The maximum Gasteiger partial charge on any atom is 0.259 e. The predicted octanol–water partition coefficient (Wildman–Crippen LogP) is 5.28. The molecule has 0 bridgehead atoms. The molecule has 0 aliphatic heterocycles. The van der Waals surface area contributed by atoms with Crippen LogP contribution in [0.5, 0.6) is 5.75 Å². The van der Waals surface area contributed by atoms with E-state index in [1.54, 1.807) is 16.8 Å². The maximum absolute atomic E-state index is 13.4. The second-order valence-corrected chi connectivity index (χ2v) is 10.8. The number of nitrogens with one attached hydrogen (secondary N) is 1. The summed E-state index contributed by atoms with van der Waals surface area (Å²) in [5.74, 6) is 1.52. The molecule has 194 valence electrons. The first-order chi connectivity index (χ1) is 18.1. The Bertz CT molecular complexity index is 1580. The van der Waals surface area contributed by atoms with Gasteiger partial charge in [0.05, 0.1) is 42.0 Å². The van der Waals surface area contributed by atoms with E-state index in [1.807, 2.05) is 65.3 Å². The Morgan fingerprint density at radius 2 is 1.97 bits per heavy atom. The summed E-state index contributed by atoms with van der Waals surface area (Å²) in [6.07, 6.45) is 6.08. The molecule has 2 aromatic heterocycles. The summed E-state index contributed by atoms with van der Waals surface area (Å²) in [5, 5.41) is 21.4. The highest BCUT2D eigenvalue weighted by molar-refractivity contribution is 6.07. The number of amides is 1. The van der Waals surface area contributed by atoms with Gasteiger partial charge in [0.1, 0.15) is 23.3 Å². The van der Waals surface area contributed by atoms with Crippen molar-refractivity contribution in [1.29, 1.82) is 5.26 Å². The number of anilines is 1. The molecule has 4 aromatic rings. The molecule has 1 aliphatic rings. The van der Waals surface area contributed by atoms with Crippen molar-refractivity contribution in [2.24, 2.45) is 7.05 Å². The number of nitriles is 1. The quantitative estimate of drug-likeness (QED) is 0.378. The summed E-state index contributed by atoms with van der Waals surface area (Å²) in [6, 6.07) is 11.3. The fourth-order valence-corrected chi connectivity index (χ4v) is 4.55. The van der Waals surface area contributed by atoms with E-state index in [2.05, 4.69) is 31.2 Å². The first kappa shape index (κ1) is 25.2. The van der Waals surface area contributed by atoms with Crippen LogP contribution in [0.4, 0.5) is 5.69 Å². The summed E-state index contributed by atoms with van der Waals surface area (Å²) in [6.45, 7) is 8.09. The SMILES string of the molecule is COc1c(C#N)cc(C(C)(C)C)cc1C(=O)Nc1ccc(C)c(-n2cc(-c3cnc(C4CC4)n3C)nn2)c1. The molecular formula is C29H31N7O2. The number of aryl methyl sites for hydroxylation is 1. The second-order valence-electron chi connectivity index (χ2n) is 10.8. The van der Waals surface area contributed by atoms with Crippen molar-refractivity contribution < 1.29 is 9.53 Å². The molecule has 1 amide bonds. The minimum Gasteiger partial charge on any atom is -0.495 e. The lowest BCUT2D eigenvalue weighted by Crippen LogP contribution is -2.18. The van der Waals surface area contributed by atoms with Crippen molar-refractivity contribution in [2.75, 3.05) is 12.4 Å². The number of carbonyl (C=O) groups excluding carboxylic acids is 1. The first-order valence-electron chi connectivity index (χ1n) is 12.6. The molecule has 5 rings (SSSR count). The van der Waals surface area contributed by atoms with Crippen LogP contribution >= 0.6 is 0 Å². The standard InChI is InChI=1S/C29H31N7O2/c1-17-7-10-21(32-28(37)22-12-20(29(2,3)4)11-19(14-30)26(22)38-6)13-24(17)36-16-23(33-34-36)25-15-31-27(35(25)5)18-8-9-18/h7,10-13,15-16,18H,8-9H2,1-6H3,(H,32,37). The average molecular weight is 510 g/mol. The van der Waals surface area contributed by atoms with E-state index in [1.165, 1.54) is 20.0 Å². The van der Waals surface area contributed by atoms with Crippen molar-refractivity contribution in [1.82, 2.24) is 24.5 Å². The van der Waals surface area contributed by atoms with Crippen LogP contribution in [0.2, 0.25) is 0 Å². The Labute approximate surface area is 222 Å². The van der Waals surface area contributed by atoms with Crippen LogP contribution in [-0.4, -0.2) is 37.6 Å². The summed E-state index contributed by atoms with van der Waals surface area (Å²) in [7, 11) is 3.48. The molecule has 1 saturated carbocycles. The molecule has 1 fully saturated rings. The maximum atomic E-state index is 13.4. The van der Waals surface area contributed by atoms with Gasteiger partial charge in [-0.15, -0.1) is 5.10 Å². The highest BCUT2D eigenvalue weighted by atomic mass is 16.5. The lowest BCUT2D eigenvalue weighted by molar-refractivity contribution is 0.102. The number of nitrogens with zero attached hydrogens (tertiary/aromatic N) is 6. The lowest BCUT2D eigenvalue weighted by atomic mass is 9.84. The number of benzene rings is 2. The van der Waals surface area contributed by atoms with E-state index < -0.39 is 0 Å². The van der Waals surface area contributed by atoms with E-state index in [0.717, 1.165) is 34.0 Å². The van der Waals surface area contributed by atoms with Gasteiger partial charge in [0.25, 0.3) is 5.91 Å². The number of rotatable bonds is 6. The van der Waals surface area contributed by atoms with Crippen LogP contribution < -0.4 is 10.1 Å². The van der Waals surface area contributed by atoms with Crippen LogP contribution in [0.1, 0.15) is 72.4 Å². The Kier molecular flexibility index (Phi) is 6.27. The van der Waals surface area contributed by atoms with Crippen molar-refractivity contribution >= 4 is 11.6 Å². The van der Waals surface area contributed by atoms with Crippen molar-refractivity contribution in [2.45, 2.75) is 51.9 Å². The fraction of sp³-hybridized carbons (Fsp3) is 0.345. The number of imidazole rings is 1. The van der Waals surface area contributed by atoms with Gasteiger partial charge in [0, 0.05) is 18.7 Å². The van der Waals surface area contributed by atoms with Crippen molar-refractivity contribution in [3.63, 3.8) is 0 Å². The van der Waals surface area contributed by atoms with Crippen molar-refractivity contribution in [3.05, 3.63) is 70.8 Å². The minimum atomic E-state index is -0.360. The molecule has 0 saturated heterocycles. The summed E-state index contributed by atoms with van der Waals surface area (Å²) in [4.78, 5) is 18.0. The molecule has 2 aromatic carbocycles. The Morgan fingerprint density at radius 1 is 1.21 bits per heavy atom. The van der Waals surface area contributed by atoms with Gasteiger partial charge >= 0.3 is 0 Å². The van der Waals surface area contributed by atoms with Gasteiger partial charge in [-0.3, -0.25) is 4.79 Å². The van der Waals surface area contributed by atoms with E-state index in [4.69, 9.17) is 4.74 Å².